The molecule has 0 spiro atoms. The molecule has 0 amide bonds. The van der Waals surface area contributed by atoms with Crippen LogP contribution < -0.4 is 0 Å². The van der Waals surface area contributed by atoms with Crippen molar-refractivity contribution in [3.8, 4) is 6.07 Å². The number of carbonyl (C=O) groups is 1. The zero-order valence-electron chi connectivity index (χ0n) is 6.99. The van der Waals surface area contributed by atoms with Gasteiger partial charge in [-0.15, -0.1) is 0 Å². The maximum absolute atomic E-state index is 10.7. The third-order valence-corrected chi connectivity index (χ3v) is 2.37. The predicted molar refractivity (Wildman–Crippen MR) is 51.7 cm³/mol. The number of aromatic carboxylic acids is 1. The van der Waals surface area contributed by atoms with E-state index < -0.39 is 5.97 Å². The second-order valence-corrected chi connectivity index (χ2v) is 3.42. The van der Waals surface area contributed by atoms with Crippen molar-refractivity contribution >= 4 is 21.9 Å². The first-order valence-corrected chi connectivity index (χ1v) is 4.46. The van der Waals surface area contributed by atoms with E-state index in [0.717, 1.165) is 0 Å². The summed E-state index contributed by atoms with van der Waals surface area (Å²) in [7, 11) is 0. The van der Waals surface area contributed by atoms with Crippen molar-refractivity contribution in [1.29, 1.82) is 5.26 Å². The van der Waals surface area contributed by atoms with Crippen LogP contribution in [0.4, 0.5) is 0 Å². The number of aliphatic hydroxyl groups is 1. The lowest BCUT2D eigenvalue weighted by atomic mass is 10.1. The molecule has 0 atom stereocenters. The van der Waals surface area contributed by atoms with Crippen molar-refractivity contribution in [2.24, 2.45) is 0 Å². The molecule has 0 aliphatic heterocycles. The average molecular weight is 256 g/mol. The van der Waals surface area contributed by atoms with E-state index in [9.17, 15) is 4.79 Å². The molecule has 1 aromatic carbocycles. The van der Waals surface area contributed by atoms with E-state index in [-0.39, 0.29) is 23.3 Å². The van der Waals surface area contributed by atoms with Gasteiger partial charge in [0.25, 0.3) is 0 Å². The molecule has 0 fully saturated rings. The molecule has 0 radical (unpaired) electrons. The van der Waals surface area contributed by atoms with Crippen molar-refractivity contribution in [2.45, 2.75) is 6.61 Å². The van der Waals surface area contributed by atoms with Crippen LogP contribution >= 0.6 is 15.9 Å². The van der Waals surface area contributed by atoms with E-state index in [1.165, 1.54) is 12.1 Å². The number of nitriles is 1. The van der Waals surface area contributed by atoms with E-state index in [0.29, 0.717) is 4.47 Å². The molecule has 0 saturated heterocycles. The van der Waals surface area contributed by atoms with Crippen LogP contribution in [-0.4, -0.2) is 16.2 Å². The Bertz CT molecular complexity index is 423. The smallest absolute Gasteiger partial charge is 0.336 e. The van der Waals surface area contributed by atoms with E-state index in [4.69, 9.17) is 15.5 Å². The molecule has 0 saturated carbocycles. The van der Waals surface area contributed by atoms with Crippen molar-refractivity contribution < 1.29 is 15.0 Å². The number of rotatable bonds is 2. The fourth-order valence-electron chi connectivity index (χ4n) is 1.03. The summed E-state index contributed by atoms with van der Waals surface area (Å²) in [6.07, 6.45) is 0. The summed E-state index contributed by atoms with van der Waals surface area (Å²) in [4.78, 5) is 10.7. The Labute approximate surface area is 88.5 Å². The van der Waals surface area contributed by atoms with Gasteiger partial charge in [-0.2, -0.15) is 5.26 Å². The molecule has 5 heteroatoms. The topological polar surface area (TPSA) is 81.3 Å². The second kappa shape index (κ2) is 4.22. The van der Waals surface area contributed by atoms with Gasteiger partial charge in [0.1, 0.15) is 6.07 Å². The number of carboxylic acid groups (broad SMARTS) is 1. The lowest BCUT2D eigenvalue weighted by Crippen LogP contribution is -2.03. The highest BCUT2D eigenvalue weighted by atomic mass is 79.9. The summed E-state index contributed by atoms with van der Waals surface area (Å²) in [5, 5.41) is 26.3. The van der Waals surface area contributed by atoms with Crippen LogP contribution in [0, 0.1) is 11.3 Å². The summed E-state index contributed by atoms with van der Waals surface area (Å²) >= 11 is 3.10. The van der Waals surface area contributed by atoms with Gasteiger partial charge >= 0.3 is 5.97 Å². The number of nitrogens with zero attached hydrogens (tertiary/aromatic N) is 1. The molecule has 0 aliphatic carbocycles. The third-order valence-electron chi connectivity index (χ3n) is 1.71. The van der Waals surface area contributed by atoms with Crippen molar-refractivity contribution in [1.82, 2.24) is 0 Å². The van der Waals surface area contributed by atoms with Gasteiger partial charge in [-0.1, -0.05) is 0 Å². The number of benzene rings is 1. The van der Waals surface area contributed by atoms with Gasteiger partial charge < -0.3 is 10.2 Å². The normalized spacial score (nSPS) is 9.50. The summed E-state index contributed by atoms with van der Waals surface area (Å²) in [6, 6.07) is 4.52. The van der Waals surface area contributed by atoms with Gasteiger partial charge in [-0.05, 0) is 33.6 Å². The number of aliphatic hydroxyl groups excluding tert-OH is 1. The van der Waals surface area contributed by atoms with E-state index >= 15 is 0 Å². The zero-order chi connectivity index (χ0) is 10.7. The molecule has 2 N–H and O–H groups in total. The largest absolute Gasteiger partial charge is 0.478 e. The summed E-state index contributed by atoms with van der Waals surface area (Å²) in [5.74, 6) is -1.15. The molecule has 0 unspecified atom stereocenters. The summed E-state index contributed by atoms with van der Waals surface area (Å²) in [5.41, 5.74) is 0.468. The van der Waals surface area contributed by atoms with Crippen LogP contribution in [-0.2, 0) is 6.61 Å². The van der Waals surface area contributed by atoms with Gasteiger partial charge in [0.15, 0.2) is 0 Å². The molecular weight excluding hydrogens is 250 g/mol. The molecule has 0 heterocycles. The molecule has 14 heavy (non-hydrogen) atoms. The Hall–Kier alpha value is -1.38. The van der Waals surface area contributed by atoms with Gasteiger partial charge in [-0.3, -0.25) is 0 Å². The highest BCUT2D eigenvalue weighted by molar-refractivity contribution is 9.10. The average Bonchev–Trinajstić information content (AvgIpc) is 2.16. The number of carboxylic acids is 1. The zero-order valence-corrected chi connectivity index (χ0v) is 8.58. The second-order valence-electron chi connectivity index (χ2n) is 2.56. The van der Waals surface area contributed by atoms with Crippen LogP contribution in [0.25, 0.3) is 0 Å². The van der Waals surface area contributed by atoms with Crippen LogP contribution in [0.3, 0.4) is 0 Å². The van der Waals surface area contributed by atoms with Crippen LogP contribution in [0.2, 0.25) is 0 Å². The molecule has 0 aliphatic rings. The molecule has 72 valence electrons. The maximum Gasteiger partial charge on any atom is 0.336 e. The van der Waals surface area contributed by atoms with E-state index in [2.05, 4.69) is 15.9 Å². The lowest BCUT2D eigenvalue weighted by Gasteiger charge is -2.04. The quantitative estimate of drug-likeness (QED) is 0.840. The minimum absolute atomic E-state index is 0.0488. The van der Waals surface area contributed by atoms with Crippen LogP contribution in [0.1, 0.15) is 21.5 Å². The molecular formula is C9H6BrNO3. The van der Waals surface area contributed by atoms with Crippen molar-refractivity contribution in [3.05, 3.63) is 33.3 Å². The van der Waals surface area contributed by atoms with Gasteiger partial charge in [-0.25, -0.2) is 4.79 Å². The first-order chi connectivity index (χ1) is 6.60. The SMILES string of the molecule is N#Cc1cc(C(=O)O)c(CO)cc1Br. The Morgan fingerprint density at radius 1 is 1.57 bits per heavy atom. The Balaban J connectivity index is 3.42. The minimum Gasteiger partial charge on any atom is -0.478 e. The fraction of sp³-hybridized carbons (Fsp3) is 0.111. The molecule has 1 rings (SSSR count). The Morgan fingerprint density at radius 3 is 2.64 bits per heavy atom. The van der Waals surface area contributed by atoms with Crippen molar-refractivity contribution in [3.63, 3.8) is 0 Å². The number of halogens is 1. The Kier molecular flexibility index (Phi) is 3.23. The molecule has 0 bridgehead atoms. The predicted octanol–water partition coefficient (Wildman–Crippen LogP) is 1.51. The number of hydrogen-bond donors (Lipinski definition) is 2. The maximum atomic E-state index is 10.7. The molecule has 0 aromatic heterocycles. The lowest BCUT2D eigenvalue weighted by molar-refractivity contribution is 0.0693. The highest BCUT2D eigenvalue weighted by Crippen LogP contribution is 2.21. The number of hydrogen-bond acceptors (Lipinski definition) is 3. The first kappa shape index (κ1) is 10.7. The third kappa shape index (κ3) is 1.92. The van der Waals surface area contributed by atoms with Crippen LogP contribution in [0.15, 0.2) is 16.6 Å². The first-order valence-electron chi connectivity index (χ1n) is 3.66. The van der Waals surface area contributed by atoms with Gasteiger partial charge in [0, 0.05) is 4.47 Å². The minimum atomic E-state index is -1.15. The van der Waals surface area contributed by atoms with Gasteiger partial charge in [0.2, 0.25) is 0 Å². The van der Waals surface area contributed by atoms with Crippen LogP contribution in [0.5, 0.6) is 0 Å². The summed E-state index contributed by atoms with van der Waals surface area (Å²) < 4.78 is 0.481. The standard InChI is InChI=1S/C9H6BrNO3/c10-8-2-6(4-12)7(9(13)14)1-5(8)3-11/h1-2,12H,4H2,(H,13,14). The van der Waals surface area contributed by atoms with E-state index in [1.54, 1.807) is 0 Å². The molecule has 4 nitrogen and oxygen atoms in total. The van der Waals surface area contributed by atoms with Crippen molar-refractivity contribution in [2.75, 3.05) is 0 Å². The van der Waals surface area contributed by atoms with Gasteiger partial charge in [0.05, 0.1) is 17.7 Å². The monoisotopic (exact) mass is 255 g/mol. The van der Waals surface area contributed by atoms with E-state index in [1.807, 2.05) is 6.07 Å². The fourth-order valence-corrected chi connectivity index (χ4v) is 1.51. The highest BCUT2D eigenvalue weighted by Gasteiger charge is 2.12. The Morgan fingerprint density at radius 2 is 2.21 bits per heavy atom. The molecule has 1 aromatic rings. The summed E-state index contributed by atoms with van der Waals surface area (Å²) in [6.45, 7) is -0.369.